The monoisotopic (exact) mass is 1390 g/mol. The second kappa shape index (κ2) is 149. The number of aromatic nitrogens is 21. The Morgan fingerprint density at radius 1 is 0.276 bits per heavy atom. The van der Waals surface area contributed by atoms with Gasteiger partial charge in [0.15, 0.2) is 0 Å². The summed E-state index contributed by atoms with van der Waals surface area (Å²) in [6.07, 6.45) is 25.9. The van der Waals surface area contributed by atoms with Crippen molar-refractivity contribution in [2.24, 2.45) is 7.05 Å². The largest absolute Gasteiger partial charge is 0.265 e. The number of pyridine rings is 3. The lowest BCUT2D eigenvalue weighted by Crippen LogP contribution is -1.85. The average Bonchev–Trinajstić information content (AvgIpc) is 3.85. The van der Waals surface area contributed by atoms with Gasteiger partial charge >= 0.3 is 0 Å². The third-order valence-corrected chi connectivity index (χ3v) is 6.75. The van der Waals surface area contributed by atoms with Gasteiger partial charge in [0.25, 0.3) is 0 Å². The zero-order valence-electron chi connectivity index (χ0n) is 59.1. The van der Waals surface area contributed by atoms with Gasteiger partial charge in [0, 0.05) is 74.7 Å². The maximum atomic E-state index is 3.98. The van der Waals surface area contributed by atoms with Crippen LogP contribution in [0.5, 0.6) is 0 Å². The molecule has 0 amide bonds. The molecule has 0 saturated carbocycles. The van der Waals surface area contributed by atoms with Crippen LogP contribution >= 0.6 is 0 Å². The van der Waals surface area contributed by atoms with Crippen molar-refractivity contribution in [2.75, 3.05) is 0 Å². The smallest absolute Gasteiger partial charge is 0.125 e. The summed E-state index contributed by atoms with van der Waals surface area (Å²) in [5.74, 6) is 0.822. The van der Waals surface area contributed by atoms with Crippen molar-refractivity contribution in [1.82, 2.24) is 107 Å². The molecule has 10 aromatic heterocycles. The zero-order chi connectivity index (χ0) is 68.3. The molecule has 0 aromatic carbocycles. The van der Waals surface area contributed by atoms with Crippen molar-refractivity contribution >= 4 is 0 Å². The van der Waals surface area contributed by atoms with Crippen LogP contribution in [0.25, 0.3) is 0 Å². The van der Waals surface area contributed by atoms with E-state index in [1.807, 2.05) is 275 Å². The number of nitrogens with zero attached hydrogens (tertiary/aromatic N) is 18. The number of aromatic amines is 3. The van der Waals surface area contributed by atoms with Crippen LogP contribution in [0.2, 0.25) is 0 Å². The first-order valence-electron chi connectivity index (χ1n) is 30.0. The lowest BCUT2D eigenvalue weighted by molar-refractivity contribution is 0.715. The molecule has 0 aliphatic rings. The first kappa shape index (κ1) is 154. The molecule has 0 spiro atoms. The van der Waals surface area contributed by atoms with E-state index in [0.717, 1.165) is 39.9 Å². The molecular formula is C77H167N21. The molecule has 0 atom stereocenters. The van der Waals surface area contributed by atoms with Gasteiger partial charge in [-0.25, -0.2) is 9.97 Å². The Labute approximate surface area is 611 Å². The van der Waals surface area contributed by atoms with Gasteiger partial charge in [-0.05, 0) is 134 Å². The minimum atomic E-state index is 0. The van der Waals surface area contributed by atoms with Crippen LogP contribution in [0, 0.1) is 62.3 Å². The highest BCUT2D eigenvalue weighted by Gasteiger charge is 1.80. The summed E-state index contributed by atoms with van der Waals surface area (Å²) in [7, 11) is 1.83. The van der Waals surface area contributed by atoms with E-state index < -0.39 is 0 Å². The van der Waals surface area contributed by atoms with E-state index in [1.54, 1.807) is 97.5 Å². The molecule has 21 heteroatoms. The maximum Gasteiger partial charge on any atom is 0.125 e. The number of hydrogen-bond acceptors (Lipinski definition) is 17. The number of hydrogen-bond donors (Lipinski definition) is 3. The van der Waals surface area contributed by atoms with Gasteiger partial charge in [-0.2, -0.15) is 66.6 Å². The number of aryl methyl sites for hydroxylation is 10. The SMILES string of the molecule is C.C.C.C.C.C.C.C.C.C.C.C.CC.CC.CC.CC.CC.CC.CC.CC.CC.CC.Cc1ccccn1.Cc1cccnc1.Cc1cccnn1.Cc1ccncc1.Cc1ccnnc1.Cc1cn[nH]n1.Cc1cn[nH]n1.Cc1cn[nH]n1.Cc1ncccn1.Cn1ccnn1. The van der Waals surface area contributed by atoms with Crippen LogP contribution in [0.1, 0.15) is 279 Å². The second-order valence-corrected chi connectivity index (χ2v) is 13.0. The second-order valence-electron chi connectivity index (χ2n) is 13.0. The van der Waals surface area contributed by atoms with E-state index in [0.29, 0.717) is 0 Å². The van der Waals surface area contributed by atoms with Crippen molar-refractivity contribution < 1.29 is 0 Å². The van der Waals surface area contributed by atoms with Crippen molar-refractivity contribution in [3.05, 3.63) is 211 Å². The zero-order valence-corrected chi connectivity index (χ0v) is 59.1. The predicted molar refractivity (Wildman–Crippen MR) is 446 cm³/mol. The molecule has 98 heavy (non-hydrogen) atoms. The summed E-state index contributed by atoms with van der Waals surface area (Å²) >= 11 is 0. The Morgan fingerprint density at radius 2 is 0.653 bits per heavy atom. The molecule has 21 nitrogen and oxygen atoms in total. The summed E-state index contributed by atoms with van der Waals surface area (Å²) in [4.78, 5) is 19.4. The van der Waals surface area contributed by atoms with Crippen LogP contribution in [-0.2, 0) is 7.05 Å². The minimum absolute atomic E-state index is 0. The normalized spacial score (nSPS) is 6.51. The fraction of sp³-hybridized carbons (Fsp3) is 0.545. The fourth-order valence-electron chi connectivity index (χ4n) is 3.48. The molecule has 580 valence electrons. The Balaban J connectivity index is -0.0000000314. The van der Waals surface area contributed by atoms with E-state index in [-0.39, 0.29) is 89.1 Å². The van der Waals surface area contributed by atoms with Crippen molar-refractivity contribution in [3.63, 3.8) is 0 Å². The van der Waals surface area contributed by atoms with Crippen molar-refractivity contribution in [1.29, 1.82) is 0 Å². The highest BCUT2D eigenvalue weighted by Crippen LogP contribution is 1.90. The lowest BCUT2D eigenvalue weighted by atomic mass is 10.3. The van der Waals surface area contributed by atoms with E-state index in [2.05, 4.69) is 102 Å². The molecule has 0 aliphatic carbocycles. The van der Waals surface area contributed by atoms with Gasteiger partial charge in [-0.3, -0.25) is 19.6 Å². The van der Waals surface area contributed by atoms with Gasteiger partial charge < -0.3 is 0 Å². The minimum Gasteiger partial charge on any atom is -0.265 e. The topological polar surface area (TPSA) is 271 Å². The standard InChI is InChI=1S/3C6H7N.3C5H6N2.4C3H5N3.10C2H6.12CH4/c1-6-2-4-7-5-3-6;1-6-3-2-4-7-5-6;1-6-4-2-3-5-7-6;1-5-2-3-6-7-4-5;1-5-6-3-2-4-7-5;1-5-3-2-4-6-7-5;1-6-3-2-4-5-6;3*1-3-2-4-6-5-3;10*1-2;;;;;;;;;;;;/h3*2-5H,1H3;3*2-4H,1H3;2-3H,1H3;3*2H,1H3,(H,4,5,6);10*1-2H3;12*1H4. The molecule has 0 saturated heterocycles. The number of nitrogens with one attached hydrogen (secondary N) is 3. The summed E-state index contributed by atoms with van der Waals surface area (Å²) < 4.78 is 1.64. The summed E-state index contributed by atoms with van der Waals surface area (Å²) in [5, 5.41) is 50.8. The maximum absolute atomic E-state index is 3.98. The third-order valence-electron chi connectivity index (χ3n) is 6.75. The van der Waals surface area contributed by atoms with E-state index >= 15 is 0 Å². The van der Waals surface area contributed by atoms with Crippen molar-refractivity contribution in [3.8, 4) is 0 Å². The summed E-state index contributed by atoms with van der Waals surface area (Å²) in [5.41, 5.74) is 8.43. The molecule has 0 fully saturated rings. The van der Waals surface area contributed by atoms with Crippen LogP contribution in [-0.4, -0.2) is 107 Å². The number of rotatable bonds is 0. The van der Waals surface area contributed by atoms with E-state index in [4.69, 9.17) is 0 Å². The van der Waals surface area contributed by atoms with E-state index in [9.17, 15) is 0 Å². The van der Waals surface area contributed by atoms with Crippen LogP contribution in [0.4, 0.5) is 0 Å². The molecule has 0 bridgehead atoms. The first-order valence-corrected chi connectivity index (χ1v) is 30.0. The molecular weight excluding hydrogens is 1220 g/mol. The molecule has 10 rings (SSSR count). The van der Waals surface area contributed by atoms with E-state index in [1.165, 1.54) is 11.1 Å². The van der Waals surface area contributed by atoms with Gasteiger partial charge in [0.2, 0.25) is 0 Å². The Morgan fingerprint density at radius 3 is 0.796 bits per heavy atom. The number of H-pyrrole nitrogens is 3. The molecule has 0 aliphatic heterocycles. The molecule has 10 heterocycles. The van der Waals surface area contributed by atoms with Crippen LogP contribution < -0.4 is 0 Å². The lowest BCUT2D eigenvalue weighted by Gasteiger charge is -1.82. The Kier molecular flexibility index (Phi) is 233. The molecule has 0 radical (unpaired) electrons. The average molecular weight is 1390 g/mol. The van der Waals surface area contributed by atoms with Crippen LogP contribution in [0.15, 0.2) is 160 Å². The summed E-state index contributed by atoms with van der Waals surface area (Å²) in [6, 6.07) is 21.2. The fourth-order valence-corrected chi connectivity index (χ4v) is 3.48. The molecule has 10 aromatic rings. The quantitative estimate of drug-likeness (QED) is 0.127. The van der Waals surface area contributed by atoms with Gasteiger partial charge in [0.1, 0.15) is 5.82 Å². The highest BCUT2D eigenvalue weighted by atomic mass is 15.4. The van der Waals surface area contributed by atoms with Crippen LogP contribution in [0.3, 0.4) is 0 Å². The Hall–Kier alpha value is -8.75. The predicted octanol–water partition coefficient (Wildman–Crippen LogP) is 24.6. The molecule has 0 unspecified atom stereocenters. The Bertz CT molecular complexity index is 2020. The van der Waals surface area contributed by atoms with Gasteiger partial charge in [-0.15, -0.1) is 5.10 Å². The first-order chi connectivity index (χ1) is 41.9. The molecule has 3 N–H and O–H groups in total. The van der Waals surface area contributed by atoms with Crippen molar-refractivity contribution in [2.45, 2.75) is 290 Å². The van der Waals surface area contributed by atoms with Gasteiger partial charge in [-0.1, -0.05) is 245 Å². The van der Waals surface area contributed by atoms with Gasteiger partial charge in [0.05, 0.1) is 53.8 Å². The third kappa shape index (κ3) is 144. The summed E-state index contributed by atoms with van der Waals surface area (Å²) in [6.45, 7) is 57.4. The highest BCUT2D eigenvalue weighted by molar-refractivity contribution is 5.06.